The van der Waals surface area contributed by atoms with Crippen LogP contribution in [-0.4, -0.2) is 42.8 Å². The summed E-state index contributed by atoms with van der Waals surface area (Å²) in [6.45, 7) is 6.69. The Morgan fingerprint density at radius 3 is 2.66 bits per heavy atom. The van der Waals surface area contributed by atoms with Crippen molar-refractivity contribution in [2.45, 2.75) is 65.1 Å². The maximum atomic E-state index is 12.9. The molecule has 2 aliphatic rings. The molecule has 0 unspecified atom stereocenters. The molecular formula is C25H37ClN2O4. The molecule has 6 nitrogen and oxygen atoms in total. The summed E-state index contributed by atoms with van der Waals surface area (Å²) in [5.41, 5.74) is 0.896. The van der Waals surface area contributed by atoms with E-state index in [1.807, 2.05) is 31.2 Å². The van der Waals surface area contributed by atoms with Crippen LogP contribution < -0.4 is 10.6 Å². The maximum Gasteiger partial charge on any atom is 0.246 e. The number of hydrogen-bond donors (Lipinski definition) is 3. The summed E-state index contributed by atoms with van der Waals surface area (Å²) in [7, 11) is 1.51. The fourth-order valence-corrected chi connectivity index (χ4v) is 6.26. The molecule has 2 fully saturated rings. The maximum absolute atomic E-state index is 12.9. The van der Waals surface area contributed by atoms with Crippen LogP contribution in [0.15, 0.2) is 24.3 Å². The van der Waals surface area contributed by atoms with E-state index < -0.39 is 6.10 Å². The zero-order valence-electron chi connectivity index (χ0n) is 19.6. The molecule has 3 N–H and O–H groups in total. The molecule has 3 rings (SSSR count). The summed E-state index contributed by atoms with van der Waals surface area (Å²) < 4.78 is 4.95. The molecule has 7 atom stereocenters. The van der Waals surface area contributed by atoms with Gasteiger partial charge in [0.25, 0.3) is 0 Å². The number of halogens is 1. The molecule has 0 bridgehead atoms. The van der Waals surface area contributed by atoms with E-state index in [1.54, 1.807) is 0 Å². The number of methoxy groups -OCH3 is 1. The smallest absolute Gasteiger partial charge is 0.246 e. The van der Waals surface area contributed by atoms with Crippen LogP contribution in [0.4, 0.5) is 0 Å². The van der Waals surface area contributed by atoms with Gasteiger partial charge in [0.05, 0.1) is 6.10 Å². The molecule has 0 radical (unpaired) electrons. The van der Waals surface area contributed by atoms with Crippen molar-refractivity contribution >= 4 is 23.4 Å². The third kappa shape index (κ3) is 5.29. The lowest BCUT2D eigenvalue weighted by Gasteiger charge is -2.56. The molecule has 2 amide bonds. The third-order valence-corrected chi connectivity index (χ3v) is 8.34. The number of carbonyl (C=O) groups excluding carboxylic acids is 2. The van der Waals surface area contributed by atoms with Crippen molar-refractivity contribution in [2.24, 2.45) is 29.1 Å². The summed E-state index contributed by atoms with van der Waals surface area (Å²) in [5, 5.41) is 18.2. The average molecular weight is 465 g/mol. The summed E-state index contributed by atoms with van der Waals surface area (Å²) >= 11 is 6.21. The van der Waals surface area contributed by atoms with E-state index in [1.165, 1.54) is 7.11 Å². The minimum Gasteiger partial charge on any atom is -0.392 e. The topological polar surface area (TPSA) is 87.7 Å². The molecule has 0 heterocycles. The van der Waals surface area contributed by atoms with Gasteiger partial charge in [-0.15, -0.1) is 0 Å². The third-order valence-electron chi connectivity index (χ3n) is 7.98. The van der Waals surface area contributed by atoms with Gasteiger partial charge in [-0.3, -0.25) is 9.59 Å². The van der Waals surface area contributed by atoms with Gasteiger partial charge in [-0.1, -0.05) is 50.6 Å². The van der Waals surface area contributed by atoms with Gasteiger partial charge in [-0.05, 0) is 60.5 Å². The number of ether oxygens (including phenoxy) is 1. The van der Waals surface area contributed by atoms with Gasteiger partial charge >= 0.3 is 0 Å². The number of rotatable bonds is 7. The quantitative estimate of drug-likeness (QED) is 0.575. The van der Waals surface area contributed by atoms with E-state index in [0.29, 0.717) is 11.6 Å². The highest BCUT2D eigenvalue weighted by molar-refractivity contribution is 6.31. The number of aliphatic hydroxyl groups is 1. The van der Waals surface area contributed by atoms with Crippen LogP contribution in [0, 0.1) is 29.1 Å². The van der Waals surface area contributed by atoms with Crippen molar-refractivity contribution in [1.82, 2.24) is 10.6 Å². The Hall–Kier alpha value is -1.63. The normalized spacial score (nSPS) is 33.1. The molecule has 0 aliphatic heterocycles. The first-order valence-electron chi connectivity index (χ1n) is 11.7. The summed E-state index contributed by atoms with van der Waals surface area (Å²) in [5.74, 6) is -0.469. The minimum absolute atomic E-state index is 0.00785. The van der Waals surface area contributed by atoms with Gasteiger partial charge in [0.15, 0.2) is 0 Å². The second-order valence-electron chi connectivity index (χ2n) is 9.98. The fourth-order valence-electron chi connectivity index (χ4n) is 6.06. The lowest BCUT2D eigenvalue weighted by atomic mass is 9.51. The molecule has 1 aromatic carbocycles. The highest BCUT2D eigenvalue weighted by Crippen LogP contribution is 2.55. The van der Waals surface area contributed by atoms with Crippen LogP contribution in [0.1, 0.15) is 52.0 Å². The van der Waals surface area contributed by atoms with Crippen LogP contribution >= 0.6 is 11.6 Å². The number of aliphatic hydroxyl groups excluding tert-OH is 1. The SMILES string of the molecule is COCC(=O)N[C@H]1CC[C@]2(C)CC[C@H]([C@H](C)C(=O)NCc3ccccc3Cl)[C@H](O)[C@H]2[C@@H]1C. The molecule has 32 heavy (non-hydrogen) atoms. The van der Waals surface area contributed by atoms with Gasteiger partial charge in [0.2, 0.25) is 11.8 Å². The molecular weight excluding hydrogens is 428 g/mol. The molecule has 2 saturated carbocycles. The Morgan fingerprint density at radius 1 is 1.28 bits per heavy atom. The van der Waals surface area contributed by atoms with Crippen molar-refractivity contribution in [1.29, 1.82) is 0 Å². The number of carbonyl (C=O) groups is 2. The number of nitrogens with one attached hydrogen (secondary N) is 2. The molecule has 2 aliphatic carbocycles. The molecule has 0 aromatic heterocycles. The van der Waals surface area contributed by atoms with Crippen LogP contribution in [-0.2, 0) is 20.9 Å². The van der Waals surface area contributed by atoms with E-state index in [-0.39, 0.29) is 53.5 Å². The predicted octanol–water partition coefficient (Wildman–Crippen LogP) is 3.55. The lowest BCUT2D eigenvalue weighted by molar-refractivity contribution is -0.144. The largest absolute Gasteiger partial charge is 0.392 e. The van der Waals surface area contributed by atoms with E-state index in [4.69, 9.17) is 16.3 Å². The van der Waals surface area contributed by atoms with Gasteiger partial charge in [-0.25, -0.2) is 0 Å². The predicted molar refractivity (Wildman–Crippen MR) is 125 cm³/mol. The Balaban J connectivity index is 1.67. The molecule has 178 valence electrons. The molecule has 0 spiro atoms. The monoisotopic (exact) mass is 464 g/mol. The second-order valence-corrected chi connectivity index (χ2v) is 10.4. The zero-order valence-corrected chi connectivity index (χ0v) is 20.3. The number of hydrogen-bond acceptors (Lipinski definition) is 4. The zero-order chi connectivity index (χ0) is 23.5. The second kappa shape index (κ2) is 10.5. The van der Waals surface area contributed by atoms with E-state index in [2.05, 4.69) is 24.5 Å². The Morgan fingerprint density at radius 2 is 1.97 bits per heavy atom. The van der Waals surface area contributed by atoms with Gasteiger partial charge in [-0.2, -0.15) is 0 Å². The molecule has 0 saturated heterocycles. The van der Waals surface area contributed by atoms with E-state index >= 15 is 0 Å². The van der Waals surface area contributed by atoms with Crippen molar-refractivity contribution in [2.75, 3.05) is 13.7 Å². The standard InChI is InChI=1S/C25H37ClN2O4/c1-15(24(31)27-13-17-7-5-6-8-19(17)26)18-9-11-25(3)12-10-20(28-21(29)14-32-4)16(2)22(25)23(18)30/h5-8,15-16,18,20,22-23,30H,9-14H2,1-4H3,(H,27,31)(H,28,29)/t15-,16+,18+,20-,22+,23-,25-/m0/s1. The average Bonchev–Trinajstić information content (AvgIpc) is 2.75. The van der Waals surface area contributed by atoms with E-state index in [0.717, 1.165) is 31.2 Å². The van der Waals surface area contributed by atoms with Crippen LogP contribution in [0.3, 0.4) is 0 Å². The Bertz CT molecular complexity index is 819. The molecule has 1 aromatic rings. The van der Waals surface area contributed by atoms with Crippen molar-refractivity contribution < 1.29 is 19.4 Å². The molecule has 7 heteroatoms. The van der Waals surface area contributed by atoms with Crippen LogP contribution in [0.5, 0.6) is 0 Å². The lowest BCUT2D eigenvalue weighted by Crippen LogP contribution is -2.58. The summed E-state index contributed by atoms with van der Waals surface area (Å²) in [6.07, 6.45) is 3.06. The fraction of sp³-hybridized carbons (Fsp3) is 0.680. The number of fused-ring (bicyclic) bond motifs is 1. The van der Waals surface area contributed by atoms with Gasteiger partial charge in [0.1, 0.15) is 6.61 Å². The van der Waals surface area contributed by atoms with Crippen LogP contribution in [0.25, 0.3) is 0 Å². The first kappa shape index (κ1) is 25.0. The highest BCUT2D eigenvalue weighted by Gasteiger charge is 2.53. The number of amides is 2. The highest BCUT2D eigenvalue weighted by atomic mass is 35.5. The first-order chi connectivity index (χ1) is 15.2. The van der Waals surface area contributed by atoms with Gasteiger partial charge < -0.3 is 20.5 Å². The van der Waals surface area contributed by atoms with Crippen molar-refractivity contribution in [3.05, 3.63) is 34.9 Å². The number of benzene rings is 1. The van der Waals surface area contributed by atoms with E-state index in [9.17, 15) is 14.7 Å². The minimum atomic E-state index is -0.591. The summed E-state index contributed by atoms with van der Waals surface area (Å²) in [6, 6.07) is 7.48. The van der Waals surface area contributed by atoms with Crippen LogP contribution in [0.2, 0.25) is 5.02 Å². The van der Waals surface area contributed by atoms with Crippen molar-refractivity contribution in [3.8, 4) is 0 Å². The Labute approximate surface area is 196 Å². The Kier molecular flexibility index (Phi) is 8.23. The summed E-state index contributed by atoms with van der Waals surface area (Å²) in [4.78, 5) is 25.0. The van der Waals surface area contributed by atoms with Crippen molar-refractivity contribution in [3.63, 3.8) is 0 Å². The van der Waals surface area contributed by atoms with Gasteiger partial charge in [0, 0.05) is 30.6 Å². The first-order valence-corrected chi connectivity index (χ1v) is 12.0.